The van der Waals surface area contributed by atoms with E-state index in [1.165, 1.54) is 21.9 Å². The van der Waals surface area contributed by atoms with Crippen LogP contribution in [0.25, 0.3) is 44.5 Å². The van der Waals surface area contributed by atoms with Gasteiger partial charge in [0.15, 0.2) is 0 Å². The number of aryl methyl sites for hydroxylation is 1. The van der Waals surface area contributed by atoms with Gasteiger partial charge in [-0.3, -0.25) is 0 Å². The van der Waals surface area contributed by atoms with E-state index in [1.807, 2.05) is 24.3 Å². The van der Waals surface area contributed by atoms with Gasteiger partial charge in [-0.2, -0.15) is 0 Å². The maximum atomic E-state index is 6.55. The third-order valence-corrected chi connectivity index (χ3v) is 10.4. The first kappa shape index (κ1) is 32.7. The fourth-order valence-corrected chi connectivity index (χ4v) is 7.67. The fourth-order valence-electron chi connectivity index (χ4n) is 7.67. The molecule has 0 saturated heterocycles. The molecule has 0 spiro atoms. The lowest BCUT2D eigenvalue weighted by atomic mass is 9.80. The van der Waals surface area contributed by atoms with Crippen molar-refractivity contribution >= 4 is 44.8 Å². The van der Waals surface area contributed by atoms with Crippen molar-refractivity contribution in [2.24, 2.45) is 5.41 Å². The highest BCUT2D eigenvalue weighted by Gasteiger charge is 2.41. The number of fused-ring (bicyclic) bond motifs is 2. The summed E-state index contributed by atoms with van der Waals surface area (Å²) < 4.78 is 6.55. The number of para-hydroxylation sites is 1. The van der Waals surface area contributed by atoms with Crippen LogP contribution in [-0.4, -0.2) is 0 Å². The monoisotopic (exact) mass is 649 g/mol. The number of hydrogen-bond acceptors (Lipinski definition) is 2. The average molecular weight is 650 g/mol. The molecule has 0 saturated carbocycles. The van der Waals surface area contributed by atoms with Crippen molar-refractivity contribution in [1.29, 1.82) is 0 Å². The number of hydrogen-bond donors (Lipinski definition) is 0. The second-order valence-corrected chi connectivity index (χ2v) is 13.5. The van der Waals surface area contributed by atoms with E-state index in [4.69, 9.17) is 11.0 Å². The standard InChI is InChI=1S/C48H43NO/c1-9-37(30-43-33(6)46(42(11-3)48(43,7)8)47-32(5)40-22-17-18-24-45(40)50-47)49(38-27-25-35(26-28-38)34-19-13-12-14-20-34)44-29-36-21-15-16-23-41(36)39(10-2)31(44)4/h9-30H,2-3,6H2,1,4-5,7-8H3/b37-9+,43-30+. The van der Waals surface area contributed by atoms with Crippen LogP contribution in [0.5, 0.6) is 0 Å². The van der Waals surface area contributed by atoms with E-state index in [1.54, 1.807) is 0 Å². The van der Waals surface area contributed by atoms with Gasteiger partial charge in [-0.15, -0.1) is 0 Å². The van der Waals surface area contributed by atoms with Gasteiger partial charge in [-0.1, -0.05) is 137 Å². The van der Waals surface area contributed by atoms with E-state index in [9.17, 15) is 0 Å². The number of allylic oxidation sites excluding steroid dienone is 7. The molecule has 1 aliphatic carbocycles. The van der Waals surface area contributed by atoms with Crippen LogP contribution in [0.4, 0.5) is 11.4 Å². The topological polar surface area (TPSA) is 16.4 Å². The molecular formula is C48H43NO. The second-order valence-electron chi connectivity index (χ2n) is 13.5. The van der Waals surface area contributed by atoms with Gasteiger partial charge in [0.1, 0.15) is 11.3 Å². The van der Waals surface area contributed by atoms with Crippen molar-refractivity contribution in [2.75, 3.05) is 4.90 Å². The molecule has 2 nitrogen and oxygen atoms in total. The second kappa shape index (κ2) is 12.9. The summed E-state index contributed by atoms with van der Waals surface area (Å²) in [5.74, 6) is 0.860. The zero-order chi connectivity index (χ0) is 35.2. The highest BCUT2D eigenvalue weighted by atomic mass is 16.3. The Kier molecular flexibility index (Phi) is 8.41. The first-order valence-electron chi connectivity index (χ1n) is 17.2. The highest BCUT2D eigenvalue weighted by Crippen LogP contribution is 2.55. The molecule has 0 radical (unpaired) electrons. The zero-order valence-electron chi connectivity index (χ0n) is 29.7. The van der Waals surface area contributed by atoms with Crippen LogP contribution in [0.15, 0.2) is 174 Å². The van der Waals surface area contributed by atoms with Gasteiger partial charge in [0.25, 0.3) is 0 Å². The Labute approximate surface area is 296 Å². The minimum absolute atomic E-state index is 0.374. The van der Waals surface area contributed by atoms with Crippen LogP contribution in [0.3, 0.4) is 0 Å². The first-order chi connectivity index (χ1) is 24.2. The summed E-state index contributed by atoms with van der Waals surface area (Å²) in [6, 6.07) is 38.4. The van der Waals surface area contributed by atoms with Gasteiger partial charge < -0.3 is 9.32 Å². The molecule has 1 heterocycles. The summed E-state index contributed by atoms with van der Waals surface area (Å²) in [6.07, 6.45) is 8.47. The molecule has 2 heteroatoms. The number of anilines is 2. The smallest absolute Gasteiger partial charge is 0.139 e. The molecule has 5 aromatic carbocycles. The quantitative estimate of drug-likeness (QED) is 0.163. The third-order valence-electron chi connectivity index (χ3n) is 10.4. The van der Waals surface area contributed by atoms with E-state index in [0.29, 0.717) is 0 Å². The van der Waals surface area contributed by atoms with Gasteiger partial charge >= 0.3 is 0 Å². The minimum atomic E-state index is -0.374. The Morgan fingerprint density at radius 2 is 1.38 bits per heavy atom. The number of nitrogens with zero attached hydrogens (tertiary/aromatic N) is 1. The molecule has 0 fully saturated rings. The summed E-state index contributed by atoms with van der Waals surface area (Å²) in [5.41, 5.74) is 13.7. The van der Waals surface area contributed by atoms with Crippen molar-refractivity contribution in [3.8, 4) is 11.1 Å². The molecule has 0 unspecified atom stereocenters. The molecule has 0 aliphatic heterocycles. The number of furan rings is 1. The van der Waals surface area contributed by atoms with E-state index in [-0.39, 0.29) is 5.41 Å². The third kappa shape index (κ3) is 5.29. The molecule has 1 aromatic heterocycles. The zero-order valence-corrected chi connectivity index (χ0v) is 29.7. The van der Waals surface area contributed by atoms with Crippen LogP contribution in [-0.2, 0) is 0 Å². The Morgan fingerprint density at radius 1 is 0.740 bits per heavy atom. The SMILES string of the molecule is C=CC1=C(c2oc3ccccc3c2C)C(=C)/C(=C\C(=C/C)N(c2ccc(-c3ccccc3)cc2)c2cc3ccccc3c(C=C)c2C)C1(C)C. The van der Waals surface area contributed by atoms with Crippen molar-refractivity contribution in [2.45, 2.75) is 34.6 Å². The molecule has 0 atom stereocenters. The normalized spacial score (nSPS) is 15.3. The van der Waals surface area contributed by atoms with Gasteiger partial charge in [0.2, 0.25) is 0 Å². The van der Waals surface area contributed by atoms with Crippen molar-refractivity contribution in [3.63, 3.8) is 0 Å². The van der Waals surface area contributed by atoms with Crippen LogP contribution in [0.2, 0.25) is 0 Å². The van der Waals surface area contributed by atoms with Gasteiger partial charge in [0, 0.05) is 33.3 Å². The average Bonchev–Trinajstić information content (AvgIpc) is 3.56. The predicted octanol–water partition coefficient (Wildman–Crippen LogP) is 13.7. The van der Waals surface area contributed by atoms with Crippen LogP contribution in [0.1, 0.15) is 43.2 Å². The lowest BCUT2D eigenvalue weighted by molar-refractivity contribution is 0.576. The lowest BCUT2D eigenvalue weighted by Crippen LogP contribution is -2.19. The summed E-state index contributed by atoms with van der Waals surface area (Å²) in [7, 11) is 0. The summed E-state index contributed by atoms with van der Waals surface area (Å²) >= 11 is 0. The minimum Gasteiger partial charge on any atom is -0.456 e. The maximum absolute atomic E-state index is 6.55. The Bertz CT molecular complexity index is 2410. The largest absolute Gasteiger partial charge is 0.456 e. The molecule has 50 heavy (non-hydrogen) atoms. The molecule has 0 N–H and O–H groups in total. The van der Waals surface area contributed by atoms with E-state index in [0.717, 1.165) is 72.8 Å². The van der Waals surface area contributed by atoms with Crippen molar-refractivity contribution < 1.29 is 4.42 Å². The van der Waals surface area contributed by atoms with Crippen molar-refractivity contribution in [3.05, 3.63) is 192 Å². The first-order valence-corrected chi connectivity index (χ1v) is 17.2. The predicted molar refractivity (Wildman–Crippen MR) is 216 cm³/mol. The molecule has 0 bridgehead atoms. The highest BCUT2D eigenvalue weighted by molar-refractivity contribution is 5.99. The maximum Gasteiger partial charge on any atom is 0.139 e. The van der Waals surface area contributed by atoms with E-state index in [2.05, 4.69) is 162 Å². The van der Waals surface area contributed by atoms with Crippen LogP contribution in [0, 0.1) is 19.3 Å². The van der Waals surface area contributed by atoms with E-state index < -0.39 is 0 Å². The van der Waals surface area contributed by atoms with E-state index >= 15 is 0 Å². The fraction of sp³-hybridized carbons (Fsp3) is 0.125. The summed E-state index contributed by atoms with van der Waals surface area (Å²) in [6.45, 7) is 24.2. The van der Waals surface area contributed by atoms with Gasteiger partial charge in [-0.25, -0.2) is 0 Å². The lowest BCUT2D eigenvalue weighted by Gasteiger charge is -2.31. The van der Waals surface area contributed by atoms with Gasteiger partial charge in [-0.05, 0) is 101 Å². The molecule has 0 amide bonds. The van der Waals surface area contributed by atoms with Crippen molar-refractivity contribution in [1.82, 2.24) is 0 Å². The molecule has 246 valence electrons. The Hall–Kier alpha value is -5.86. The van der Waals surface area contributed by atoms with Crippen LogP contribution < -0.4 is 4.90 Å². The summed E-state index contributed by atoms with van der Waals surface area (Å²) in [4.78, 5) is 2.37. The summed E-state index contributed by atoms with van der Waals surface area (Å²) in [5, 5.41) is 3.48. The molecule has 7 rings (SSSR count). The van der Waals surface area contributed by atoms with Crippen LogP contribution >= 0.6 is 0 Å². The number of benzene rings is 5. The molecule has 6 aromatic rings. The molecule has 1 aliphatic rings. The molecular weight excluding hydrogens is 607 g/mol. The Balaban J connectivity index is 1.42. The van der Waals surface area contributed by atoms with Gasteiger partial charge in [0.05, 0.1) is 5.69 Å². The Morgan fingerprint density at radius 3 is 2.04 bits per heavy atom. The number of rotatable bonds is 8.